The van der Waals surface area contributed by atoms with Crippen molar-refractivity contribution in [2.24, 2.45) is 0 Å². The van der Waals surface area contributed by atoms with Gasteiger partial charge in [0, 0.05) is 0 Å². The Labute approximate surface area is 196 Å². The van der Waals surface area contributed by atoms with Gasteiger partial charge in [-0.2, -0.15) is 0 Å². The lowest BCUT2D eigenvalue weighted by atomic mass is 10.3. The topological polar surface area (TPSA) is 101 Å². The molecule has 3 aromatic carbocycles. The minimum Gasteiger partial charge on any atom is -0.431 e. The van der Waals surface area contributed by atoms with Crippen LogP contribution in [-0.2, 0) is 14.8 Å². The van der Waals surface area contributed by atoms with Gasteiger partial charge in [0.05, 0.1) is 21.4 Å². The maximum Gasteiger partial charge on any atom is 0.262 e. The van der Waals surface area contributed by atoms with Crippen LogP contribution < -0.4 is 10.0 Å². The van der Waals surface area contributed by atoms with Crippen LogP contribution in [0.5, 0.6) is 0 Å². The monoisotopic (exact) mass is 509 g/mol. The van der Waals surface area contributed by atoms with E-state index in [1.54, 1.807) is 18.2 Å². The van der Waals surface area contributed by atoms with Crippen LogP contribution >= 0.6 is 23.4 Å². The number of thioether (sulfide) groups is 1. The fourth-order valence-corrected chi connectivity index (χ4v) is 4.76. The number of hydrogen-bond donors (Lipinski definition) is 2. The maximum atomic E-state index is 13.7. The second-order valence-corrected chi connectivity index (χ2v) is 9.64. The Morgan fingerprint density at radius 3 is 2.52 bits per heavy atom. The van der Waals surface area contributed by atoms with Gasteiger partial charge in [-0.3, -0.25) is 9.52 Å². The van der Waals surface area contributed by atoms with Crippen LogP contribution in [0.1, 0.15) is 0 Å². The van der Waals surface area contributed by atoms with Crippen molar-refractivity contribution in [3.05, 3.63) is 77.3 Å². The second kappa shape index (κ2) is 9.38. The van der Waals surface area contributed by atoms with Gasteiger partial charge in [0.25, 0.3) is 15.2 Å². The highest BCUT2D eigenvalue weighted by molar-refractivity contribution is 7.99. The number of para-hydroxylation sites is 2. The number of fused-ring (bicyclic) bond motifs is 1. The zero-order valence-electron chi connectivity index (χ0n) is 16.5. The van der Waals surface area contributed by atoms with Crippen LogP contribution in [0.4, 0.5) is 20.2 Å². The first-order valence-corrected chi connectivity index (χ1v) is 12.1. The van der Waals surface area contributed by atoms with E-state index in [0.717, 1.165) is 23.9 Å². The Hall–Kier alpha value is -3.15. The molecule has 0 aliphatic carbocycles. The highest BCUT2D eigenvalue weighted by Crippen LogP contribution is 2.28. The number of nitrogens with one attached hydrogen (secondary N) is 2. The number of anilines is 2. The van der Waals surface area contributed by atoms with Crippen LogP contribution in [0.3, 0.4) is 0 Å². The van der Waals surface area contributed by atoms with Crippen LogP contribution in [0, 0.1) is 11.6 Å². The summed E-state index contributed by atoms with van der Waals surface area (Å²) in [6.07, 6.45) is 0. The Kier molecular flexibility index (Phi) is 6.54. The lowest BCUT2D eigenvalue weighted by molar-refractivity contribution is -0.113. The summed E-state index contributed by atoms with van der Waals surface area (Å²) in [4.78, 5) is 16.2. The lowest BCUT2D eigenvalue weighted by Gasteiger charge is -2.09. The molecule has 1 amide bonds. The predicted molar refractivity (Wildman–Crippen MR) is 122 cm³/mol. The van der Waals surface area contributed by atoms with Crippen LogP contribution in [0.2, 0.25) is 5.02 Å². The average Bonchev–Trinajstić information content (AvgIpc) is 3.19. The van der Waals surface area contributed by atoms with Crippen molar-refractivity contribution in [2.45, 2.75) is 10.1 Å². The quantitative estimate of drug-likeness (QED) is 0.328. The van der Waals surface area contributed by atoms with Gasteiger partial charge >= 0.3 is 0 Å². The Morgan fingerprint density at radius 1 is 1.06 bits per heavy atom. The molecule has 0 atom stereocenters. The smallest absolute Gasteiger partial charge is 0.262 e. The summed E-state index contributed by atoms with van der Waals surface area (Å²) in [5.74, 6) is -2.69. The molecule has 170 valence electrons. The first kappa shape index (κ1) is 23.0. The first-order chi connectivity index (χ1) is 15.7. The molecular weight excluding hydrogens is 496 g/mol. The third-order valence-corrected chi connectivity index (χ3v) is 6.84. The number of carbonyl (C=O) groups excluding carboxylic acids is 1. The zero-order valence-corrected chi connectivity index (χ0v) is 18.9. The van der Waals surface area contributed by atoms with Gasteiger partial charge < -0.3 is 9.73 Å². The number of aromatic nitrogens is 1. The number of sulfonamides is 1. The van der Waals surface area contributed by atoms with Crippen LogP contribution in [0.15, 0.2) is 75.2 Å². The molecule has 0 saturated heterocycles. The molecule has 0 spiro atoms. The average molecular weight is 510 g/mol. The van der Waals surface area contributed by atoms with Gasteiger partial charge in [0.2, 0.25) is 5.91 Å². The van der Waals surface area contributed by atoms with E-state index in [-0.39, 0.29) is 32.1 Å². The third-order valence-electron chi connectivity index (χ3n) is 4.32. The predicted octanol–water partition coefficient (Wildman–Crippen LogP) is 5.29. The molecule has 0 radical (unpaired) electrons. The molecule has 0 aliphatic heterocycles. The van der Waals surface area contributed by atoms with Crippen molar-refractivity contribution in [1.29, 1.82) is 0 Å². The largest absolute Gasteiger partial charge is 0.431 e. The summed E-state index contributed by atoms with van der Waals surface area (Å²) in [6.45, 7) is 0. The number of rotatable bonds is 7. The summed E-state index contributed by atoms with van der Waals surface area (Å²) < 4.78 is 60.6. The van der Waals surface area contributed by atoms with E-state index in [2.05, 4.69) is 15.0 Å². The standard InChI is InChI=1S/C21H14ClF2N3O4S2/c22-13-4-1-2-7-16(13)27-33(29,30)12-8-9-18-17(10-12)25-21(31-18)32-11-19(28)26-20-14(23)5-3-6-15(20)24/h1-10,27H,11H2,(H,26,28). The van der Waals surface area contributed by atoms with E-state index in [1.165, 1.54) is 30.3 Å². The highest BCUT2D eigenvalue weighted by atomic mass is 35.5. The van der Waals surface area contributed by atoms with Crippen molar-refractivity contribution in [3.63, 3.8) is 0 Å². The van der Waals surface area contributed by atoms with Crippen molar-refractivity contribution in [3.8, 4) is 0 Å². The molecule has 0 bridgehead atoms. The first-order valence-electron chi connectivity index (χ1n) is 9.27. The summed E-state index contributed by atoms with van der Waals surface area (Å²) in [5, 5.41) is 2.49. The number of hydrogen-bond acceptors (Lipinski definition) is 6. The maximum absolute atomic E-state index is 13.7. The van der Waals surface area contributed by atoms with Gasteiger partial charge in [-0.05, 0) is 42.5 Å². The number of halogens is 3. The number of amides is 1. The number of oxazole rings is 1. The second-order valence-electron chi connectivity index (χ2n) is 6.63. The molecule has 0 aliphatic rings. The molecule has 0 unspecified atom stereocenters. The van der Waals surface area contributed by atoms with Crippen molar-refractivity contribution in [1.82, 2.24) is 4.98 Å². The van der Waals surface area contributed by atoms with Gasteiger partial charge in [0.1, 0.15) is 22.8 Å². The van der Waals surface area contributed by atoms with E-state index in [9.17, 15) is 22.0 Å². The lowest BCUT2D eigenvalue weighted by Crippen LogP contribution is -2.16. The minimum atomic E-state index is -3.94. The van der Waals surface area contributed by atoms with Gasteiger partial charge in [-0.25, -0.2) is 22.2 Å². The van der Waals surface area contributed by atoms with E-state index in [4.69, 9.17) is 16.0 Å². The molecule has 12 heteroatoms. The third kappa shape index (κ3) is 5.27. The van der Waals surface area contributed by atoms with Crippen LogP contribution in [-0.4, -0.2) is 25.1 Å². The Morgan fingerprint density at radius 2 is 1.79 bits per heavy atom. The minimum absolute atomic E-state index is 0.0625. The number of benzene rings is 3. The molecule has 1 aromatic heterocycles. The molecule has 4 rings (SSSR count). The fourth-order valence-electron chi connectivity index (χ4n) is 2.78. The van der Waals surface area contributed by atoms with E-state index in [1.807, 2.05) is 0 Å². The number of carbonyl (C=O) groups is 1. The molecule has 0 saturated carbocycles. The Bertz CT molecular complexity index is 1440. The summed E-state index contributed by atoms with van der Waals surface area (Å²) in [7, 11) is -3.94. The normalized spacial score (nSPS) is 11.5. The molecule has 2 N–H and O–H groups in total. The van der Waals surface area contributed by atoms with Crippen molar-refractivity contribution >= 4 is 61.8 Å². The van der Waals surface area contributed by atoms with E-state index >= 15 is 0 Å². The van der Waals surface area contributed by atoms with Gasteiger partial charge in [-0.15, -0.1) is 0 Å². The van der Waals surface area contributed by atoms with Gasteiger partial charge in [-0.1, -0.05) is 41.6 Å². The zero-order chi connectivity index (χ0) is 23.6. The van der Waals surface area contributed by atoms with Crippen molar-refractivity contribution < 1.29 is 26.4 Å². The van der Waals surface area contributed by atoms with Gasteiger partial charge in [0.15, 0.2) is 5.58 Å². The van der Waals surface area contributed by atoms with Crippen LogP contribution in [0.25, 0.3) is 11.1 Å². The van der Waals surface area contributed by atoms with Crippen molar-refractivity contribution in [2.75, 3.05) is 15.8 Å². The molecule has 7 nitrogen and oxygen atoms in total. The molecule has 1 heterocycles. The highest BCUT2D eigenvalue weighted by Gasteiger charge is 2.19. The summed E-state index contributed by atoms with van der Waals surface area (Å²) in [6, 6.07) is 13.7. The molecular formula is C21H14ClF2N3O4S2. The molecule has 33 heavy (non-hydrogen) atoms. The fraction of sp³-hybridized carbons (Fsp3) is 0.0476. The number of nitrogens with zero attached hydrogens (tertiary/aromatic N) is 1. The van der Waals surface area contributed by atoms with E-state index < -0.39 is 33.3 Å². The summed E-state index contributed by atoms with van der Waals surface area (Å²) >= 11 is 6.90. The summed E-state index contributed by atoms with van der Waals surface area (Å²) in [5.41, 5.74) is 0.240. The molecule has 4 aromatic rings. The molecule has 0 fully saturated rings. The Balaban J connectivity index is 1.47. The van der Waals surface area contributed by atoms with E-state index in [0.29, 0.717) is 5.58 Å². The SMILES string of the molecule is O=C(CSc1nc2cc(S(=O)(=O)Nc3ccccc3Cl)ccc2o1)Nc1c(F)cccc1F.